The Morgan fingerprint density at radius 2 is 2.21 bits per heavy atom. The van der Waals surface area contributed by atoms with E-state index in [-0.39, 0.29) is 5.91 Å². The van der Waals surface area contributed by atoms with Crippen LogP contribution in [0.4, 0.5) is 11.6 Å². The molecule has 1 aromatic heterocycles. The van der Waals surface area contributed by atoms with E-state index in [4.69, 9.17) is 5.73 Å². The molecule has 5 heteroatoms. The highest BCUT2D eigenvalue weighted by molar-refractivity contribution is 5.93. The molecule has 5 nitrogen and oxygen atoms in total. The van der Waals surface area contributed by atoms with Crippen LogP contribution in [0.2, 0.25) is 0 Å². The van der Waals surface area contributed by atoms with E-state index in [0.717, 1.165) is 19.5 Å². The van der Waals surface area contributed by atoms with E-state index in [0.29, 0.717) is 24.0 Å². The zero-order valence-electron chi connectivity index (χ0n) is 11.1. The van der Waals surface area contributed by atoms with Gasteiger partial charge in [-0.15, -0.1) is 0 Å². The first-order valence-corrected chi connectivity index (χ1v) is 6.97. The third kappa shape index (κ3) is 2.71. The summed E-state index contributed by atoms with van der Waals surface area (Å²) in [5, 5.41) is 0. The Kier molecular flexibility index (Phi) is 3.38. The van der Waals surface area contributed by atoms with Gasteiger partial charge < -0.3 is 10.6 Å². The largest absolute Gasteiger partial charge is 0.384 e. The average Bonchev–Trinajstić information content (AvgIpc) is 2.35. The molecule has 3 heterocycles. The fraction of sp³-hybridized carbons (Fsp3) is 0.571. The molecule has 102 valence electrons. The van der Waals surface area contributed by atoms with Gasteiger partial charge >= 0.3 is 0 Å². The smallest absolute Gasteiger partial charge is 0.228 e. The summed E-state index contributed by atoms with van der Waals surface area (Å²) in [6, 6.07) is 5.46. The van der Waals surface area contributed by atoms with Crippen LogP contribution in [0, 0.1) is 5.92 Å². The number of nitrogens with zero attached hydrogens (tertiary/aromatic N) is 3. The van der Waals surface area contributed by atoms with Gasteiger partial charge in [0.1, 0.15) is 11.6 Å². The van der Waals surface area contributed by atoms with Crippen LogP contribution in [0.25, 0.3) is 0 Å². The molecule has 2 N–H and O–H groups in total. The van der Waals surface area contributed by atoms with Crippen LogP contribution in [-0.4, -0.2) is 42.0 Å². The third-order valence-corrected chi connectivity index (χ3v) is 4.01. The van der Waals surface area contributed by atoms with Crippen molar-refractivity contribution in [1.29, 1.82) is 0 Å². The van der Waals surface area contributed by atoms with E-state index in [1.165, 1.54) is 19.5 Å². The van der Waals surface area contributed by atoms with Gasteiger partial charge in [-0.3, -0.25) is 9.69 Å². The van der Waals surface area contributed by atoms with Gasteiger partial charge in [0.2, 0.25) is 5.91 Å². The number of anilines is 2. The Hall–Kier alpha value is -1.62. The molecule has 1 aromatic rings. The van der Waals surface area contributed by atoms with Crippen molar-refractivity contribution >= 4 is 17.5 Å². The molecular weight excluding hydrogens is 240 g/mol. The first-order chi connectivity index (χ1) is 9.22. The Morgan fingerprint density at radius 3 is 2.89 bits per heavy atom. The van der Waals surface area contributed by atoms with Crippen LogP contribution < -0.4 is 10.6 Å². The van der Waals surface area contributed by atoms with Crippen molar-refractivity contribution in [2.75, 3.05) is 36.8 Å². The summed E-state index contributed by atoms with van der Waals surface area (Å²) in [5.74, 6) is 1.88. The molecule has 3 rings (SSSR count). The van der Waals surface area contributed by atoms with Gasteiger partial charge in [0, 0.05) is 19.5 Å². The maximum Gasteiger partial charge on any atom is 0.228 e. The van der Waals surface area contributed by atoms with E-state index in [2.05, 4.69) is 9.88 Å². The van der Waals surface area contributed by atoms with Crippen molar-refractivity contribution in [1.82, 2.24) is 9.88 Å². The van der Waals surface area contributed by atoms with Gasteiger partial charge in [-0.1, -0.05) is 6.07 Å². The van der Waals surface area contributed by atoms with Gasteiger partial charge in [-0.25, -0.2) is 4.98 Å². The van der Waals surface area contributed by atoms with Gasteiger partial charge in [0.15, 0.2) is 0 Å². The maximum atomic E-state index is 12.1. The number of aromatic nitrogens is 1. The number of hydrogen-bond donors (Lipinski definition) is 1. The fourth-order valence-electron chi connectivity index (χ4n) is 2.80. The second-order valence-corrected chi connectivity index (χ2v) is 5.48. The average molecular weight is 260 g/mol. The van der Waals surface area contributed by atoms with E-state index in [9.17, 15) is 4.79 Å². The molecule has 0 bridgehead atoms. The molecule has 19 heavy (non-hydrogen) atoms. The molecule has 2 fully saturated rings. The van der Waals surface area contributed by atoms with Crippen LogP contribution >= 0.6 is 0 Å². The summed E-state index contributed by atoms with van der Waals surface area (Å²) in [5.41, 5.74) is 5.70. The van der Waals surface area contributed by atoms with E-state index < -0.39 is 0 Å². The number of nitrogen functional groups attached to an aromatic ring is 1. The number of likely N-dealkylation sites (tertiary alicyclic amines) is 1. The molecule has 1 atom stereocenters. The number of nitrogens with two attached hydrogens (primary N) is 1. The van der Waals surface area contributed by atoms with Crippen molar-refractivity contribution in [3.63, 3.8) is 0 Å². The summed E-state index contributed by atoms with van der Waals surface area (Å²) in [4.78, 5) is 20.6. The first-order valence-electron chi connectivity index (χ1n) is 6.97. The van der Waals surface area contributed by atoms with E-state index in [1.54, 1.807) is 11.0 Å². The predicted molar refractivity (Wildman–Crippen MR) is 74.8 cm³/mol. The summed E-state index contributed by atoms with van der Waals surface area (Å²) in [6.45, 7) is 4.29. The van der Waals surface area contributed by atoms with Gasteiger partial charge in [0.05, 0.1) is 0 Å². The lowest BCUT2D eigenvalue weighted by molar-refractivity contribution is -0.120. The third-order valence-electron chi connectivity index (χ3n) is 4.01. The van der Waals surface area contributed by atoms with Crippen molar-refractivity contribution < 1.29 is 4.79 Å². The Bertz CT molecular complexity index is 472. The summed E-state index contributed by atoms with van der Waals surface area (Å²) >= 11 is 0. The minimum Gasteiger partial charge on any atom is -0.384 e. The van der Waals surface area contributed by atoms with Crippen LogP contribution in [0.5, 0.6) is 0 Å². The molecule has 0 radical (unpaired) electrons. The summed E-state index contributed by atoms with van der Waals surface area (Å²) in [6.07, 6.45) is 2.93. The topological polar surface area (TPSA) is 62.5 Å². The summed E-state index contributed by atoms with van der Waals surface area (Å²) < 4.78 is 0. The maximum absolute atomic E-state index is 12.1. The van der Waals surface area contributed by atoms with Crippen LogP contribution in [-0.2, 0) is 4.79 Å². The SMILES string of the molecule is Nc1cccc(N2CC(CN3CCC3)CCC2=O)n1. The lowest BCUT2D eigenvalue weighted by Gasteiger charge is -2.38. The number of amides is 1. The Labute approximate surface area is 113 Å². The number of rotatable bonds is 3. The number of piperidine rings is 1. The van der Waals surface area contributed by atoms with Gasteiger partial charge in [0.25, 0.3) is 0 Å². The molecule has 2 aliphatic heterocycles. The molecule has 0 aromatic carbocycles. The lowest BCUT2D eigenvalue weighted by Crippen LogP contribution is -2.47. The molecule has 1 unspecified atom stereocenters. The van der Waals surface area contributed by atoms with Crippen LogP contribution in [0.3, 0.4) is 0 Å². The number of hydrogen-bond acceptors (Lipinski definition) is 4. The van der Waals surface area contributed by atoms with Crippen molar-refractivity contribution in [3.8, 4) is 0 Å². The molecule has 2 aliphatic rings. The second-order valence-electron chi connectivity index (χ2n) is 5.48. The minimum absolute atomic E-state index is 0.165. The predicted octanol–water partition coefficient (Wildman–Crippen LogP) is 1.11. The molecule has 2 saturated heterocycles. The Balaban J connectivity index is 1.69. The highest BCUT2D eigenvalue weighted by atomic mass is 16.2. The van der Waals surface area contributed by atoms with Crippen molar-refractivity contribution in [2.24, 2.45) is 5.92 Å². The zero-order chi connectivity index (χ0) is 13.2. The second kappa shape index (κ2) is 5.17. The Morgan fingerprint density at radius 1 is 1.37 bits per heavy atom. The zero-order valence-corrected chi connectivity index (χ0v) is 11.1. The summed E-state index contributed by atoms with van der Waals surface area (Å²) in [7, 11) is 0. The van der Waals surface area contributed by atoms with Crippen LogP contribution in [0.15, 0.2) is 18.2 Å². The molecule has 0 spiro atoms. The molecule has 0 aliphatic carbocycles. The molecular formula is C14H20N4O. The van der Waals surface area contributed by atoms with Gasteiger partial charge in [-0.2, -0.15) is 0 Å². The highest BCUT2D eigenvalue weighted by Gasteiger charge is 2.29. The van der Waals surface area contributed by atoms with Crippen molar-refractivity contribution in [2.45, 2.75) is 19.3 Å². The van der Waals surface area contributed by atoms with E-state index in [1.807, 2.05) is 12.1 Å². The highest BCUT2D eigenvalue weighted by Crippen LogP contribution is 2.25. The quantitative estimate of drug-likeness (QED) is 0.884. The first kappa shape index (κ1) is 12.4. The normalized spacial score (nSPS) is 24.3. The van der Waals surface area contributed by atoms with Gasteiger partial charge in [-0.05, 0) is 44.0 Å². The monoisotopic (exact) mass is 260 g/mol. The van der Waals surface area contributed by atoms with Crippen LogP contribution in [0.1, 0.15) is 19.3 Å². The number of carbonyl (C=O) groups is 1. The molecule has 0 saturated carbocycles. The fourth-order valence-corrected chi connectivity index (χ4v) is 2.80. The number of pyridine rings is 1. The van der Waals surface area contributed by atoms with E-state index >= 15 is 0 Å². The lowest BCUT2D eigenvalue weighted by atomic mass is 9.95. The minimum atomic E-state index is 0.165. The van der Waals surface area contributed by atoms with Crippen molar-refractivity contribution in [3.05, 3.63) is 18.2 Å². The number of carbonyl (C=O) groups excluding carboxylic acids is 1. The standard InChI is InChI=1S/C14H20N4O/c15-12-3-1-4-13(16-12)18-10-11(5-6-14(18)19)9-17-7-2-8-17/h1,3-4,11H,2,5-10H2,(H2,15,16). The molecule has 1 amide bonds.